The van der Waals surface area contributed by atoms with Crippen molar-refractivity contribution in [1.29, 1.82) is 0 Å². The number of carbonyl (C=O) groups is 2. The number of rotatable bonds is 6. The first-order chi connectivity index (χ1) is 8.91. The Bertz CT molecular complexity index is 432. The summed E-state index contributed by atoms with van der Waals surface area (Å²) in [6.45, 7) is 3.90. The second-order valence-corrected chi connectivity index (χ2v) is 4.85. The Balaban J connectivity index is 2.78. The van der Waals surface area contributed by atoms with E-state index in [2.05, 4.69) is 5.32 Å². The zero-order valence-corrected chi connectivity index (χ0v) is 11.6. The zero-order chi connectivity index (χ0) is 14.4. The van der Waals surface area contributed by atoms with Crippen molar-refractivity contribution in [3.8, 4) is 0 Å². The molecule has 0 bridgehead atoms. The molecule has 1 aromatic rings. The normalized spacial score (nSPS) is 12.5. The highest BCUT2D eigenvalue weighted by Crippen LogP contribution is 2.18. The van der Waals surface area contributed by atoms with Gasteiger partial charge < -0.3 is 11.1 Å². The molecule has 1 unspecified atom stereocenters. The number of nitrogens with one attached hydrogen (secondary N) is 1. The fraction of sp³-hybridized carbons (Fsp3) is 0.429. The van der Waals surface area contributed by atoms with Gasteiger partial charge in [0.25, 0.3) is 0 Å². The molecule has 0 saturated carbocycles. The summed E-state index contributed by atoms with van der Waals surface area (Å²) < 4.78 is 0. The van der Waals surface area contributed by atoms with Crippen molar-refractivity contribution in [1.82, 2.24) is 10.2 Å². The molecule has 0 saturated heterocycles. The van der Waals surface area contributed by atoms with E-state index in [0.717, 1.165) is 5.56 Å². The molecular weight excluding hydrogens is 242 g/mol. The topological polar surface area (TPSA) is 75.4 Å². The second kappa shape index (κ2) is 6.89. The third-order valence-electron chi connectivity index (χ3n) is 2.67. The molecule has 5 nitrogen and oxygen atoms in total. The van der Waals surface area contributed by atoms with Crippen molar-refractivity contribution >= 4 is 11.8 Å². The molecule has 0 aliphatic rings. The van der Waals surface area contributed by atoms with E-state index >= 15 is 0 Å². The average molecular weight is 263 g/mol. The van der Waals surface area contributed by atoms with Crippen molar-refractivity contribution in [2.24, 2.45) is 5.73 Å². The van der Waals surface area contributed by atoms with Gasteiger partial charge in [-0.2, -0.15) is 0 Å². The van der Waals surface area contributed by atoms with Gasteiger partial charge in [-0.15, -0.1) is 0 Å². The summed E-state index contributed by atoms with van der Waals surface area (Å²) in [5.41, 5.74) is 6.22. The van der Waals surface area contributed by atoms with E-state index in [1.165, 1.54) is 0 Å². The number of primary amides is 1. The third kappa shape index (κ3) is 4.71. The number of nitrogens with zero attached hydrogens (tertiary/aromatic N) is 1. The van der Waals surface area contributed by atoms with Gasteiger partial charge in [-0.25, -0.2) is 0 Å². The number of benzene rings is 1. The van der Waals surface area contributed by atoms with Crippen LogP contribution in [-0.2, 0) is 9.59 Å². The number of amides is 2. The Morgan fingerprint density at radius 1 is 1.26 bits per heavy atom. The number of nitrogens with two attached hydrogens (primary N) is 1. The van der Waals surface area contributed by atoms with E-state index in [0.29, 0.717) is 0 Å². The molecule has 19 heavy (non-hydrogen) atoms. The molecule has 0 fully saturated rings. The van der Waals surface area contributed by atoms with E-state index in [-0.39, 0.29) is 18.5 Å². The maximum atomic E-state index is 11.7. The van der Waals surface area contributed by atoms with Gasteiger partial charge >= 0.3 is 0 Å². The number of hydrogen-bond donors (Lipinski definition) is 2. The van der Waals surface area contributed by atoms with Crippen molar-refractivity contribution in [3.63, 3.8) is 0 Å². The summed E-state index contributed by atoms with van der Waals surface area (Å²) in [7, 11) is 1.71. The summed E-state index contributed by atoms with van der Waals surface area (Å²) in [5, 5.41) is 2.79. The number of hydrogen-bond acceptors (Lipinski definition) is 3. The van der Waals surface area contributed by atoms with E-state index in [1.807, 2.05) is 44.2 Å². The minimum Gasteiger partial charge on any atom is -0.368 e. The molecule has 0 aliphatic carbocycles. The van der Waals surface area contributed by atoms with Crippen LogP contribution in [0.25, 0.3) is 0 Å². The van der Waals surface area contributed by atoms with E-state index in [9.17, 15) is 9.59 Å². The van der Waals surface area contributed by atoms with Crippen LogP contribution in [0, 0.1) is 0 Å². The molecule has 5 heteroatoms. The van der Waals surface area contributed by atoms with Gasteiger partial charge in [0.2, 0.25) is 11.8 Å². The largest absolute Gasteiger partial charge is 0.368 e. The molecule has 1 rings (SSSR count). The van der Waals surface area contributed by atoms with Crippen molar-refractivity contribution in [2.75, 3.05) is 13.6 Å². The molecule has 3 N–H and O–H groups in total. The van der Waals surface area contributed by atoms with Crippen LogP contribution in [0.3, 0.4) is 0 Å². The predicted octanol–water partition coefficient (Wildman–Crippen LogP) is 0.669. The van der Waals surface area contributed by atoms with Crippen LogP contribution in [0.5, 0.6) is 0 Å². The summed E-state index contributed by atoms with van der Waals surface area (Å²) in [4.78, 5) is 25.0. The molecule has 0 aliphatic heterocycles. The molecule has 104 valence electrons. The lowest BCUT2D eigenvalue weighted by Gasteiger charge is -2.25. The Labute approximate surface area is 113 Å². The van der Waals surface area contributed by atoms with Crippen LogP contribution in [0.15, 0.2) is 30.3 Å². The average Bonchev–Trinajstić information content (AvgIpc) is 2.28. The molecule has 2 amide bonds. The highest BCUT2D eigenvalue weighted by atomic mass is 16.2. The Morgan fingerprint density at radius 3 is 2.32 bits per heavy atom. The maximum absolute atomic E-state index is 11.7. The standard InChI is InChI=1S/C14H21N3O2/c1-10(2)16-12(18)9-17(3)13(14(15)19)11-7-5-4-6-8-11/h4-8,10,13H,9H2,1-3H3,(H2,15,19)(H,16,18). The lowest BCUT2D eigenvalue weighted by atomic mass is 10.1. The number of carbonyl (C=O) groups excluding carboxylic acids is 2. The van der Waals surface area contributed by atoms with Gasteiger partial charge in [0, 0.05) is 6.04 Å². The van der Waals surface area contributed by atoms with E-state index < -0.39 is 11.9 Å². The molecule has 0 heterocycles. The van der Waals surface area contributed by atoms with Gasteiger partial charge in [0.15, 0.2) is 0 Å². The Morgan fingerprint density at radius 2 is 1.84 bits per heavy atom. The van der Waals surface area contributed by atoms with E-state index in [1.54, 1.807) is 11.9 Å². The van der Waals surface area contributed by atoms with Gasteiger partial charge in [-0.3, -0.25) is 14.5 Å². The molecule has 1 aromatic carbocycles. The molecule has 0 aromatic heterocycles. The number of likely N-dealkylation sites (N-methyl/N-ethyl adjacent to an activating group) is 1. The van der Waals surface area contributed by atoms with Gasteiger partial charge in [0.05, 0.1) is 6.54 Å². The van der Waals surface area contributed by atoms with Crippen molar-refractivity contribution in [3.05, 3.63) is 35.9 Å². The molecule has 0 spiro atoms. The Hall–Kier alpha value is -1.88. The van der Waals surface area contributed by atoms with Gasteiger partial charge in [-0.1, -0.05) is 30.3 Å². The fourth-order valence-electron chi connectivity index (χ4n) is 1.96. The SMILES string of the molecule is CC(C)NC(=O)CN(C)C(C(N)=O)c1ccccc1. The first-order valence-corrected chi connectivity index (χ1v) is 6.25. The monoisotopic (exact) mass is 263 g/mol. The summed E-state index contributed by atoms with van der Waals surface area (Å²) in [6.07, 6.45) is 0. The second-order valence-electron chi connectivity index (χ2n) is 4.85. The highest BCUT2D eigenvalue weighted by molar-refractivity contribution is 5.83. The summed E-state index contributed by atoms with van der Waals surface area (Å²) >= 11 is 0. The molecule has 1 atom stereocenters. The zero-order valence-electron chi connectivity index (χ0n) is 11.6. The van der Waals surface area contributed by atoms with Crippen LogP contribution in [-0.4, -0.2) is 36.3 Å². The quantitative estimate of drug-likeness (QED) is 0.792. The highest BCUT2D eigenvalue weighted by Gasteiger charge is 2.24. The van der Waals surface area contributed by atoms with Crippen LogP contribution in [0.1, 0.15) is 25.5 Å². The predicted molar refractivity (Wildman–Crippen MR) is 74.3 cm³/mol. The molecule has 0 radical (unpaired) electrons. The van der Waals surface area contributed by atoms with Crippen LogP contribution >= 0.6 is 0 Å². The van der Waals surface area contributed by atoms with Crippen molar-refractivity contribution < 1.29 is 9.59 Å². The first kappa shape index (κ1) is 15.2. The van der Waals surface area contributed by atoms with Crippen molar-refractivity contribution in [2.45, 2.75) is 25.9 Å². The first-order valence-electron chi connectivity index (χ1n) is 6.25. The summed E-state index contributed by atoms with van der Waals surface area (Å²) in [5.74, 6) is -0.592. The molecular formula is C14H21N3O2. The van der Waals surface area contributed by atoms with Crippen LogP contribution in [0.4, 0.5) is 0 Å². The van der Waals surface area contributed by atoms with Gasteiger partial charge in [-0.05, 0) is 26.5 Å². The third-order valence-corrected chi connectivity index (χ3v) is 2.67. The fourth-order valence-corrected chi connectivity index (χ4v) is 1.96. The maximum Gasteiger partial charge on any atom is 0.239 e. The lowest BCUT2D eigenvalue weighted by Crippen LogP contribution is -2.43. The minimum atomic E-state index is -0.598. The van der Waals surface area contributed by atoms with Gasteiger partial charge in [0.1, 0.15) is 6.04 Å². The van der Waals surface area contributed by atoms with Crippen LogP contribution in [0.2, 0.25) is 0 Å². The smallest absolute Gasteiger partial charge is 0.239 e. The summed E-state index contributed by atoms with van der Waals surface area (Å²) in [6, 6.07) is 8.68. The Kier molecular flexibility index (Phi) is 5.51. The lowest BCUT2D eigenvalue weighted by molar-refractivity contribution is -0.126. The minimum absolute atomic E-state index is 0.0738. The van der Waals surface area contributed by atoms with Crippen LogP contribution < -0.4 is 11.1 Å². The van der Waals surface area contributed by atoms with E-state index in [4.69, 9.17) is 5.73 Å².